The lowest BCUT2D eigenvalue weighted by molar-refractivity contribution is 0.669. The zero-order valence-corrected chi connectivity index (χ0v) is 61.4. The second kappa shape index (κ2) is 23.2. The van der Waals surface area contributed by atoms with Crippen LogP contribution in [0.2, 0.25) is 0 Å². The predicted molar refractivity (Wildman–Crippen MR) is 469 cm³/mol. The topological polar surface area (TPSA) is 109 Å². The van der Waals surface area contributed by atoms with E-state index < -0.39 is 0 Å². The van der Waals surface area contributed by atoms with Gasteiger partial charge in [-0.3, -0.25) is 0 Å². The Balaban J connectivity index is 0.656. The lowest BCUT2D eigenvalue weighted by atomic mass is 9.96. The lowest BCUT2D eigenvalue weighted by Gasteiger charge is -2.14. The first kappa shape index (κ1) is 61.6. The second-order valence-electron chi connectivity index (χ2n) is 30.0. The monoisotopic (exact) mass is 1470 g/mol. The van der Waals surface area contributed by atoms with Gasteiger partial charge >= 0.3 is 0 Å². The van der Waals surface area contributed by atoms with Gasteiger partial charge in [0, 0.05) is 119 Å². The van der Waals surface area contributed by atoms with Crippen LogP contribution in [0.5, 0.6) is 0 Å². The molecule has 0 unspecified atom stereocenters. The van der Waals surface area contributed by atoms with Crippen LogP contribution < -0.4 is 0 Å². The average Bonchev–Trinajstić information content (AvgIpc) is 1.52. The van der Waals surface area contributed by atoms with Gasteiger partial charge in [0.05, 0.1) is 76.6 Å². The first-order valence-corrected chi connectivity index (χ1v) is 39.3. The molecular formula is C102H56N10OS. The van der Waals surface area contributed by atoms with Crippen molar-refractivity contribution in [3.63, 3.8) is 0 Å². The van der Waals surface area contributed by atoms with E-state index >= 15 is 0 Å². The summed E-state index contributed by atoms with van der Waals surface area (Å²) < 4.78 is 19.3. The highest BCUT2D eigenvalue weighted by molar-refractivity contribution is 7.26. The molecule has 0 fully saturated rings. The van der Waals surface area contributed by atoms with Gasteiger partial charge in [0.2, 0.25) is 0 Å². The maximum absolute atomic E-state index is 6.92. The van der Waals surface area contributed by atoms with Gasteiger partial charge in [-0.2, -0.15) is 0 Å². The summed E-state index contributed by atoms with van der Waals surface area (Å²) in [5, 5.41) is 18.8. The number of hydrogen-bond donors (Lipinski definition) is 0. The molecule has 0 spiro atoms. The highest BCUT2D eigenvalue weighted by Crippen LogP contribution is 2.51. The van der Waals surface area contributed by atoms with Crippen LogP contribution in [0.25, 0.3) is 253 Å². The summed E-state index contributed by atoms with van der Waals surface area (Å²) in [6, 6.07) is 122. The molecule has 0 atom stereocenters. The van der Waals surface area contributed by atoms with Crippen molar-refractivity contribution in [1.29, 1.82) is 0 Å². The largest absolute Gasteiger partial charge is 0.456 e. The van der Waals surface area contributed by atoms with Crippen molar-refractivity contribution in [2.45, 2.75) is 0 Å². The molecule has 16 aromatic carbocycles. The summed E-state index contributed by atoms with van der Waals surface area (Å²) >= 11 is 1.84. The number of aromatic nitrogens is 10. The molecule has 0 saturated heterocycles. The van der Waals surface area contributed by atoms with Crippen LogP contribution in [0.3, 0.4) is 0 Å². The van der Waals surface area contributed by atoms with E-state index in [1.54, 1.807) is 0 Å². The molecule has 0 aliphatic rings. The van der Waals surface area contributed by atoms with E-state index in [9.17, 15) is 0 Å². The second-order valence-corrected chi connectivity index (χ2v) is 31.0. The summed E-state index contributed by atoms with van der Waals surface area (Å²) in [5.41, 5.74) is 22.5. The van der Waals surface area contributed by atoms with Gasteiger partial charge < -0.3 is 22.4 Å². The van der Waals surface area contributed by atoms with E-state index in [2.05, 4.69) is 285 Å². The smallest absolute Gasteiger partial charge is 0.164 e. The van der Waals surface area contributed by atoms with E-state index in [0.717, 1.165) is 132 Å². The third-order valence-corrected chi connectivity index (χ3v) is 25.1. The Morgan fingerprint density at radius 2 is 0.632 bits per heavy atom. The minimum atomic E-state index is 0.541. The number of nitrogens with zero attached hydrogens (tertiary/aromatic N) is 10. The molecule has 0 bridgehead atoms. The van der Waals surface area contributed by atoms with Crippen LogP contribution in [-0.2, 0) is 0 Å². The summed E-state index contributed by atoms with van der Waals surface area (Å²) in [5.74, 6) is 3.48. The zero-order chi connectivity index (χ0) is 74.1. The fourth-order valence-corrected chi connectivity index (χ4v) is 20.1. The van der Waals surface area contributed by atoms with Gasteiger partial charge in [0.1, 0.15) is 11.2 Å². The third kappa shape index (κ3) is 8.68. The molecule has 10 heterocycles. The molecule has 0 N–H and O–H groups in total. The van der Waals surface area contributed by atoms with Crippen LogP contribution in [0.1, 0.15) is 0 Å². The first-order chi connectivity index (χ1) is 56.5. The number of para-hydroxylation sites is 6. The fourth-order valence-electron chi connectivity index (χ4n) is 18.9. The van der Waals surface area contributed by atoms with Gasteiger partial charge in [0.25, 0.3) is 0 Å². The molecule has 114 heavy (non-hydrogen) atoms. The van der Waals surface area contributed by atoms with Crippen molar-refractivity contribution in [3.8, 4) is 90.8 Å². The van der Waals surface area contributed by atoms with Crippen LogP contribution in [-0.4, -0.2) is 47.8 Å². The Kier molecular flexibility index (Phi) is 12.5. The number of rotatable bonds is 9. The van der Waals surface area contributed by atoms with Gasteiger partial charge in [-0.15, -0.1) is 11.3 Å². The number of thiophene rings is 1. The minimum Gasteiger partial charge on any atom is -0.456 e. The number of furan rings is 1. The van der Waals surface area contributed by atoms with Gasteiger partial charge in [0.15, 0.2) is 34.9 Å². The molecule has 0 aliphatic heterocycles. The molecule has 0 amide bonds. The summed E-state index contributed by atoms with van der Waals surface area (Å²) in [6.45, 7) is 0. The first-order valence-electron chi connectivity index (χ1n) is 38.5. The molecule has 12 heteroatoms. The number of fused-ring (bicyclic) bond motifs is 24. The van der Waals surface area contributed by atoms with Crippen molar-refractivity contribution >= 4 is 173 Å². The van der Waals surface area contributed by atoms with Crippen molar-refractivity contribution in [1.82, 2.24) is 47.8 Å². The maximum Gasteiger partial charge on any atom is 0.164 e. The highest BCUT2D eigenvalue weighted by Gasteiger charge is 2.29. The third-order valence-electron chi connectivity index (χ3n) is 23.9. The normalized spacial score (nSPS) is 12.4. The molecule has 11 nitrogen and oxygen atoms in total. The van der Waals surface area contributed by atoms with Gasteiger partial charge in [-0.25, -0.2) is 29.9 Å². The Hall–Kier alpha value is -15.2. The van der Waals surface area contributed by atoms with E-state index in [1.807, 2.05) is 84.1 Å². The van der Waals surface area contributed by atoms with E-state index in [0.29, 0.717) is 34.9 Å². The highest BCUT2D eigenvalue weighted by atomic mass is 32.1. The Morgan fingerprint density at radius 1 is 0.219 bits per heavy atom. The standard InChI is InChI=1S/C102H56N10OS/c1-4-23-58(24-5-1)97-103-98(59-25-6-2-7-26-59)107-102(106-97)63-50-87(93-73-34-14-20-41-89(73)113-90(93)52-63)109-79-37-16-12-32-68(79)75-54-78-86(56-83(75)109)112-82-40-19-11-30-66(82)72-48-47-64(92(78)95(72)112)57-43-45-61(46-44-57)100-104-99(60-27-8-3-9-28-60)105-101(108-100)62-49-77-69-33-15-21-42-91(69)114-96(77)88(51-62)110-80-38-17-13-31-67(80)74-53-76-71-36-22-35-70-65-29-10-18-39-81(65)111(94(70)71)85(76)55-84(74)110/h1-56H. The van der Waals surface area contributed by atoms with Crippen molar-refractivity contribution in [2.75, 3.05) is 0 Å². The lowest BCUT2D eigenvalue weighted by Crippen LogP contribution is -2.01. The van der Waals surface area contributed by atoms with Crippen LogP contribution >= 0.6 is 11.3 Å². The van der Waals surface area contributed by atoms with Crippen LogP contribution in [0, 0.1) is 0 Å². The maximum atomic E-state index is 6.92. The molecule has 10 aromatic heterocycles. The Bertz CT molecular complexity index is 8550. The molecule has 0 aliphatic carbocycles. The molecule has 0 radical (unpaired) electrons. The summed E-state index contributed by atoms with van der Waals surface area (Å²) in [4.78, 5) is 32.1. The quantitative estimate of drug-likeness (QED) is 0.142. The predicted octanol–water partition coefficient (Wildman–Crippen LogP) is 26.5. The van der Waals surface area contributed by atoms with Crippen molar-refractivity contribution in [2.24, 2.45) is 0 Å². The molecule has 26 aromatic rings. The molecule has 0 saturated carbocycles. The molecule has 26 rings (SSSR count). The van der Waals surface area contributed by atoms with Crippen molar-refractivity contribution in [3.05, 3.63) is 340 Å². The van der Waals surface area contributed by atoms with E-state index in [4.69, 9.17) is 34.3 Å². The summed E-state index contributed by atoms with van der Waals surface area (Å²) in [7, 11) is 0. The van der Waals surface area contributed by atoms with Gasteiger partial charge in [-0.05, 0) is 96.1 Å². The van der Waals surface area contributed by atoms with Gasteiger partial charge in [-0.1, -0.05) is 255 Å². The molecular weight excluding hydrogens is 1410 g/mol. The van der Waals surface area contributed by atoms with Crippen LogP contribution in [0.4, 0.5) is 0 Å². The minimum absolute atomic E-state index is 0.541. The fraction of sp³-hybridized carbons (Fsp3) is 0. The Labute approximate surface area is 651 Å². The SMILES string of the molecule is c1ccc(-c2nc(-c3ccccc3)nc(-c3cc(-n4c5ccccc5c5cc6c7c(-c8ccc(-c9nc(-c%10ccccc%10)nc(-c%10cc(-n%11c%12ccccc%12c%12cc%13c%14cccc%15c%16ccccc%16n(c%13cc%12%11)c%15%14)c%11sc%12ccccc%12c%11c%10)n9)cc8)ccc8c9ccccc9n(c6cc54)c87)c4c(c3)oc3ccccc34)n2)cc1. The summed E-state index contributed by atoms with van der Waals surface area (Å²) in [6.07, 6.45) is 0. The number of benzene rings is 16. The molecule has 526 valence electrons. The van der Waals surface area contributed by atoms with Crippen LogP contribution in [0.15, 0.2) is 344 Å². The number of hydrogen-bond acceptors (Lipinski definition) is 8. The van der Waals surface area contributed by atoms with E-state index in [-0.39, 0.29) is 0 Å². The average molecular weight is 1470 g/mol. The Morgan fingerprint density at radius 3 is 1.23 bits per heavy atom. The zero-order valence-electron chi connectivity index (χ0n) is 60.6. The van der Waals surface area contributed by atoms with Crippen molar-refractivity contribution < 1.29 is 4.42 Å². The van der Waals surface area contributed by atoms with E-state index in [1.165, 1.54) is 85.3 Å².